The summed E-state index contributed by atoms with van der Waals surface area (Å²) in [7, 11) is 0. The summed E-state index contributed by atoms with van der Waals surface area (Å²) in [5, 5.41) is 0.941. The van der Waals surface area contributed by atoms with E-state index < -0.39 is 0 Å². The Morgan fingerprint density at radius 3 is 2.94 bits per heavy atom. The smallest absolute Gasteiger partial charge is 0.165 e. The average molecular weight is 244 g/mol. The first-order valence-corrected chi connectivity index (χ1v) is 6.78. The molecule has 18 heavy (non-hydrogen) atoms. The topological polar surface area (TPSA) is 45.8 Å². The van der Waals surface area contributed by atoms with Crippen molar-refractivity contribution < 1.29 is 4.79 Å². The summed E-state index contributed by atoms with van der Waals surface area (Å²) < 4.78 is 0. The van der Waals surface area contributed by atoms with Crippen molar-refractivity contribution in [2.24, 2.45) is 0 Å². The van der Waals surface area contributed by atoms with Crippen LogP contribution in [-0.2, 0) is 0 Å². The molecule has 0 aliphatic heterocycles. The molecule has 0 unspecified atom stereocenters. The molecule has 0 atom stereocenters. The summed E-state index contributed by atoms with van der Waals surface area (Å²) in [6.45, 7) is 2.20. The van der Waals surface area contributed by atoms with E-state index in [1.807, 2.05) is 12.1 Å². The molecule has 3 nitrogen and oxygen atoms in total. The van der Waals surface area contributed by atoms with Crippen LogP contribution in [0, 0.1) is 0 Å². The van der Waals surface area contributed by atoms with Crippen LogP contribution in [0.2, 0.25) is 0 Å². The number of unbranched alkanes of at least 4 members (excludes halogenated alkanes) is 4. The maximum Gasteiger partial charge on any atom is 0.165 e. The molecule has 1 N–H and O–H groups in total. The molecule has 96 valence electrons. The molecule has 0 fully saturated rings. The minimum Gasteiger partial charge on any atom is -0.345 e. The standard InChI is InChI=1S/C15H20N2O/c1-2-3-4-5-6-9-14(18)13-11-17-15-12(13)8-7-10-16-15/h7-8,10-11H,2-6,9H2,1H3,(H,16,17). The Hall–Kier alpha value is -1.64. The second-order valence-electron chi connectivity index (χ2n) is 4.69. The van der Waals surface area contributed by atoms with Gasteiger partial charge in [0.2, 0.25) is 0 Å². The van der Waals surface area contributed by atoms with E-state index in [0.29, 0.717) is 6.42 Å². The number of aromatic amines is 1. The first-order chi connectivity index (χ1) is 8.83. The Kier molecular flexibility index (Phi) is 4.51. The highest BCUT2D eigenvalue weighted by molar-refractivity contribution is 6.06. The second kappa shape index (κ2) is 6.34. The average Bonchev–Trinajstić information content (AvgIpc) is 2.82. The zero-order valence-corrected chi connectivity index (χ0v) is 10.9. The van der Waals surface area contributed by atoms with Crippen LogP contribution in [-0.4, -0.2) is 15.8 Å². The molecule has 0 spiro atoms. The van der Waals surface area contributed by atoms with Gasteiger partial charge in [0.25, 0.3) is 0 Å². The zero-order valence-electron chi connectivity index (χ0n) is 10.9. The van der Waals surface area contributed by atoms with Crippen molar-refractivity contribution in [2.45, 2.75) is 45.4 Å². The van der Waals surface area contributed by atoms with Crippen LogP contribution >= 0.6 is 0 Å². The van der Waals surface area contributed by atoms with Crippen molar-refractivity contribution >= 4 is 16.8 Å². The maximum atomic E-state index is 12.1. The van der Waals surface area contributed by atoms with Gasteiger partial charge in [0.05, 0.1) is 0 Å². The lowest BCUT2D eigenvalue weighted by Gasteiger charge is -2.00. The molecule has 0 aliphatic rings. The molecule has 0 bridgehead atoms. The molecular weight excluding hydrogens is 224 g/mol. The highest BCUT2D eigenvalue weighted by Crippen LogP contribution is 2.18. The third-order valence-corrected chi connectivity index (χ3v) is 3.26. The summed E-state index contributed by atoms with van der Waals surface area (Å²) >= 11 is 0. The lowest BCUT2D eigenvalue weighted by atomic mass is 10.0. The number of hydrogen-bond donors (Lipinski definition) is 1. The van der Waals surface area contributed by atoms with E-state index in [2.05, 4.69) is 16.9 Å². The van der Waals surface area contributed by atoms with Crippen molar-refractivity contribution in [1.29, 1.82) is 0 Å². The molecule has 0 radical (unpaired) electrons. The highest BCUT2D eigenvalue weighted by Gasteiger charge is 2.11. The molecule has 2 aromatic heterocycles. The van der Waals surface area contributed by atoms with Gasteiger partial charge in [0.1, 0.15) is 5.65 Å². The van der Waals surface area contributed by atoms with Crippen molar-refractivity contribution in [1.82, 2.24) is 9.97 Å². The molecule has 0 aliphatic carbocycles. The first kappa shape index (κ1) is 12.8. The summed E-state index contributed by atoms with van der Waals surface area (Å²) in [6.07, 6.45) is 10.0. The molecule has 0 aromatic carbocycles. The number of fused-ring (bicyclic) bond motifs is 1. The fraction of sp³-hybridized carbons (Fsp3) is 0.467. The van der Waals surface area contributed by atoms with Crippen molar-refractivity contribution in [3.05, 3.63) is 30.1 Å². The number of nitrogens with zero attached hydrogens (tertiary/aromatic N) is 1. The number of rotatable bonds is 7. The number of carbonyl (C=O) groups is 1. The molecule has 2 heterocycles. The van der Waals surface area contributed by atoms with Gasteiger partial charge in [0, 0.05) is 29.8 Å². The van der Waals surface area contributed by atoms with Crippen molar-refractivity contribution in [3.63, 3.8) is 0 Å². The van der Waals surface area contributed by atoms with Gasteiger partial charge < -0.3 is 4.98 Å². The molecule has 0 amide bonds. The summed E-state index contributed by atoms with van der Waals surface area (Å²) in [4.78, 5) is 19.3. The second-order valence-corrected chi connectivity index (χ2v) is 4.69. The van der Waals surface area contributed by atoms with Crippen molar-refractivity contribution in [3.8, 4) is 0 Å². The van der Waals surface area contributed by atoms with Gasteiger partial charge in [-0.3, -0.25) is 4.79 Å². The minimum atomic E-state index is 0.228. The van der Waals surface area contributed by atoms with Crippen molar-refractivity contribution in [2.75, 3.05) is 0 Å². The van der Waals surface area contributed by atoms with Gasteiger partial charge in [0.15, 0.2) is 5.78 Å². The van der Waals surface area contributed by atoms with E-state index in [0.717, 1.165) is 29.4 Å². The third kappa shape index (κ3) is 2.97. The lowest BCUT2D eigenvalue weighted by molar-refractivity contribution is 0.0980. The van der Waals surface area contributed by atoms with Gasteiger partial charge in [-0.25, -0.2) is 4.98 Å². The zero-order chi connectivity index (χ0) is 12.8. The Bertz CT molecular complexity index is 516. The van der Waals surface area contributed by atoms with E-state index in [4.69, 9.17) is 0 Å². The van der Waals surface area contributed by atoms with Crippen LogP contribution < -0.4 is 0 Å². The normalized spacial score (nSPS) is 10.9. The van der Waals surface area contributed by atoms with Gasteiger partial charge in [-0.2, -0.15) is 0 Å². The number of H-pyrrole nitrogens is 1. The van der Waals surface area contributed by atoms with Gasteiger partial charge in [-0.15, -0.1) is 0 Å². The Labute approximate surface area is 108 Å². The van der Waals surface area contributed by atoms with Crippen LogP contribution in [0.4, 0.5) is 0 Å². The van der Waals surface area contributed by atoms with E-state index in [1.54, 1.807) is 12.4 Å². The summed E-state index contributed by atoms with van der Waals surface area (Å²) in [5.41, 5.74) is 1.58. The monoisotopic (exact) mass is 244 g/mol. The number of pyridine rings is 1. The van der Waals surface area contributed by atoms with Gasteiger partial charge in [-0.1, -0.05) is 32.6 Å². The maximum absolute atomic E-state index is 12.1. The number of nitrogens with one attached hydrogen (secondary N) is 1. The quantitative estimate of drug-likeness (QED) is 0.588. The molecule has 2 rings (SSSR count). The summed E-state index contributed by atoms with van der Waals surface area (Å²) in [6, 6.07) is 3.82. The fourth-order valence-corrected chi connectivity index (χ4v) is 2.21. The number of ketones is 1. The molecular formula is C15H20N2O. The number of Topliss-reactive ketones (excluding diaryl/α,β-unsaturated/α-hetero) is 1. The van der Waals surface area contributed by atoms with Crippen LogP contribution in [0.5, 0.6) is 0 Å². The number of aromatic nitrogens is 2. The van der Waals surface area contributed by atoms with Crippen LogP contribution in [0.1, 0.15) is 55.8 Å². The first-order valence-electron chi connectivity index (χ1n) is 6.78. The molecule has 3 heteroatoms. The Morgan fingerprint density at radius 2 is 2.11 bits per heavy atom. The van der Waals surface area contributed by atoms with Gasteiger partial charge in [-0.05, 0) is 18.6 Å². The Morgan fingerprint density at radius 1 is 1.28 bits per heavy atom. The third-order valence-electron chi connectivity index (χ3n) is 3.26. The van der Waals surface area contributed by atoms with E-state index in [1.165, 1.54) is 19.3 Å². The summed E-state index contributed by atoms with van der Waals surface area (Å²) in [5.74, 6) is 0.228. The molecule has 0 saturated carbocycles. The lowest BCUT2D eigenvalue weighted by Crippen LogP contribution is -1.97. The largest absolute Gasteiger partial charge is 0.345 e. The molecule has 0 saturated heterocycles. The highest BCUT2D eigenvalue weighted by atomic mass is 16.1. The minimum absolute atomic E-state index is 0.228. The van der Waals surface area contributed by atoms with Crippen LogP contribution in [0.25, 0.3) is 11.0 Å². The SMILES string of the molecule is CCCCCCCC(=O)c1c[nH]c2ncccc12. The predicted octanol–water partition coefficient (Wildman–Crippen LogP) is 4.11. The number of hydrogen-bond acceptors (Lipinski definition) is 2. The number of carbonyl (C=O) groups excluding carboxylic acids is 1. The van der Waals surface area contributed by atoms with E-state index in [9.17, 15) is 4.79 Å². The van der Waals surface area contributed by atoms with Gasteiger partial charge >= 0.3 is 0 Å². The Balaban J connectivity index is 1.93. The van der Waals surface area contributed by atoms with E-state index in [-0.39, 0.29) is 5.78 Å². The van der Waals surface area contributed by atoms with E-state index >= 15 is 0 Å². The molecule has 2 aromatic rings. The predicted molar refractivity (Wildman–Crippen MR) is 73.8 cm³/mol. The van der Waals surface area contributed by atoms with Crippen LogP contribution in [0.3, 0.4) is 0 Å². The fourth-order valence-electron chi connectivity index (χ4n) is 2.21. The van der Waals surface area contributed by atoms with Crippen LogP contribution in [0.15, 0.2) is 24.5 Å².